The van der Waals surface area contributed by atoms with Crippen LogP contribution >= 0.6 is 0 Å². The molecule has 2 aromatic carbocycles. The van der Waals surface area contributed by atoms with Crippen LogP contribution in [0.3, 0.4) is 0 Å². The number of fused-ring (bicyclic) bond motifs is 1. The number of hydrogen-bond acceptors (Lipinski definition) is 5. The van der Waals surface area contributed by atoms with Crippen molar-refractivity contribution >= 4 is 21.8 Å². The summed E-state index contributed by atoms with van der Waals surface area (Å²) in [6.45, 7) is 7.06. The van der Waals surface area contributed by atoms with E-state index in [0.29, 0.717) is 5.57 Å². The standard InChI is InChI=1S/C26H28N2O5S/c1-17-15-20(34(31,32)19-13-9-6-10-14-19)16-21-22(17)28(25(30)33-26(2,3)4)23(27-24(21)29)18-11-7-5-8-12-18/h5-16,21-23H,1-4H3,(H,27,29). The highest BCUT2D eigenvalue weighted by atomic mass is 32.2. The molecular weight excluding hydrogens is 452 g/mol. The summed E-state index contributed by atoms with van der Waals surface area (Å²) in [5, 5.41) is 2.90. The molecule has 0 bridgehead atoms. The average Bonchev–Trinajstić information content (AvgIpc) is 2.79. The fraction of sp³-hybridized carbons (Fsp3) is 0.308. The average molecular weight is 481 g/mol. The van der Waals surface area contributed by atoms with Crippen molar-refractivity contribution in [2.24, 2.45) is 5.92 Å². The van der Waals surface area contributed by atoms with Gasteiger partial charge in [0.1, 0.15) is 11.8 Å². The third-order valence-electron chi connectivity index (χ3n) is 5.76. The molecule has 2 amide bonds. The molecule has 2 aliphatic rings. The van der Waals surface area contributed by atoms with Crippen LogP contribution < -0.4 is 5.32 Å². The smallest absolute Gasteiger partial charge is 0.412 e. The van der Waals surface area contributed by atoms with Crippen molar-refractivity contribution < 1.29 is 22.7 Å². The summed E-state index contributed by atoms with van der Waals surface area (Å²) < 4.78 is 32.2. The zero-order valence-electron chi connectivity index (χ0n) is 19.6. The van der Waals surface area contributed by atoms with Gasteiger partial charge in [-0.3, -0.25) is 9.69 Å². The van der Waals surface area contributed by atoms with Crippen LogP contribution in [0.2, 0.25) is 0 Å². The molecule has 1 N–H and O–H groups in total. The van der Waals surface area contributed by atoms with E-state index in [0.717, 1.165) is 5.56 Å². The molecule has 3 atom stereocenters. The maximum atomic E-state index is 13.4. The summed E-state index contributed by atoms with van der Waals surface area (Å²) in [6.07, 6.45) is 1.64. The topological polar surface area (TPSA) is 92.8 Å². The number of carbonyl (C=O) groups is 2. The summed E-state index contributed by atoms with van der Waals surface area (Å²) in [6, 6.07) is 16.5. The van der Waals surface area contributed by atoms with Crippen LogP contribution in [0.5, 0.6) is 0 Å². The first-order valence-corrected chi connectivity index (χ1v) is 12.5. The van der Waals surface area contributed by atoms with Gasteiger partial charge < -0.3 is 10.1 Å². The molecule has 2 aromatic rings. The van der Waals surface area contributed by atoms with Gasteiger partial charge in [0.2, 0.25) is 15.7 Å². The SMILES string of the molecule is CC1=CC(S(=O)(=O)c2ccccc2)=CC2C(=O)NC(c3ccccc3)N(C(=O)OC(C)(C)C)C12. The second kappa shape index (κ2) is 8.76. The molecule has 1 aliphatic heterocycles. The summed E-state index contributed by atoms with van der Waals surface area (Å²) in [7, 11) is -3.83. The van der Waals surface area contributed by atoms with Crippen LogP contribution in [0.25, 0.3) is 0 Å². The molecule has 0 radical (unpaired) electrons. The van der Waals surface area contributed by atoms with Gasteiger partial charge in [-0.15, -0.1) is 0 Å². The number of benzene rings is 2. The molecular formula is C26H28N2O5S. The predicted molar refractivity (Wildman–Crippen MR) is 128 cm³/mol. The molecule has 1 heterocycles. The van der Waals surface area contributed by atoms with E-state index in [1.807, 2.05) is 30.3 Å². The Balaban J connectivity index is 1.79. The minimum Gasteiger partial charge on any atom is -0.444 e. The van der Waals surface area contributed by atoms with E-state index in [1.54, 1.807) is 52.0 Å². The highest BCUT2D eigenvalue weighted by molar-refractivity contribution is 7.95. The molecule has 0 saturated carbocycles. The fourth-order valence-corrected chi connectivity index (χ4v) is 5.75. The fourth-order valence-electron chi connectivity index (χ4n) is 4.30. The molecule has 3 unspecified atom stereocenters. The Hall–Kier alpha value is -3.39. The monoisotopic (exact) mass is 480 g/mol. The van der Waals surface area contributed by atoms with Crippen molar-refractivity contribution in [1.29, 1.82) is 0 Å². The largest absolute Gasteiger partial charge is 0.444 e. The lowest BCUT2D eigenvalue weighted by Crippen LogP contribution is -2.61. The number of nitrogens with one attached hydrogen (secondary N) is 1. The van der Waals surface area contributed by atoms with Gasteiger partial charge in [0.15, 0.2) is 0 Å². The van der Waals surface area contributed by atoms with Gasteiger partial charge in [-0.2, -0.15) is 0 Å². The number of carbonyl (C=O) groups excluding carboxylic acids is 2. The predicted octanol–water partition coefficient (Wildman–Crippen LogP) is 4.35. The van der Waals surface area contributed by atoms with Crippen LogP contribution in [0, 0.1) is 5.92 Å². The Bertz CT molecular complexity index is 1260. The summed E-state index contributed by atoms with van der Waals surface area (Å²) in [4.78, 5) is 28.3. The van der Waals surface area contributed by atoms with Gasteiger partial charge in [0.05, 0.1) is 21.8 Å². The maximum Gasteiger partial charge on any atom is 0.412 e. The van der Waals surface area contributed by atoms with Gasteiger partial charge in [0.25, 0.3) is 0 Å². The Morgan fingerprint density at radius 1 is 1.00 bits per heavy atom. The Labute approximate surface area is 200 Å². The highest BCUT2D eigenvalue weighted by Gasteiger charge is 2.48. The molecule has 0 aromatic heterocycles. The highest BCUT2D eigenvalue weighted by Crippen LogP contribution is 2.39. The number of ether oxygens (including phenoxy) is 1. The van der Waals surface area contributed by atoms with Crippen molar-refractivity contribution in [3.8, 4) is 0 Å². The summed E-state index contributed by atoms with van der Waals surface area (Å²) in [5.41, 5.74) is 0.558. The van der Waals surface area contributed by atoms with E-state index in [9.17, 15) is 18.0 Å². The number of allylic oxidation sites excluding steroid dienone is 1. The number of hydrogen-bond donors (Lipinski definition) is 1. The Morgan fingerprint density at radius 3 is 2.18 bits per heavy atom. The quantitative estimate of drug-likeness (QED) is 0.705. The van der Waals surface area contributed by atoms with Gasteiger partial charge in [-0.1, -0.05) is 54.6 Å². The molecule has 8 heteroatoms. The molecule has 0 spiro atoms. The van der Waals surface area contributed by atoms with E-state index in [-0.39, 0.29) is 15.7 Å². The van der Waals surface area contributed by atoms with Crippen LogP contribution in [-0.4, -0.2) is 37.0 Å². The van der Waals surface area contributed by atoms with Crippen molar-refractivity contribution in [3.63, 3.8) is 0 Å². The van der Waals surface area contributed by atoms with Crippen molar-refractivity contribution in [2.75, 3.05) is 0 Å². The second-order valence-corrected chi connectivity index (χ2v) is 11.4. The van der Waals surface area contributed by atoms with Crippen LogP contribution in [0.15, 0.2) is 88.2 Å². The van der Waals surface area contributed by atoms with Crippen molar-refractivity contribution in [3.05, 3.63) is 88.9 Å². The van der Waals surface area contributed by atoms with E-state index in [2.05, 4.69) is 5.32 Å². The molecule has 178 valence electrons. The van der Waals surface area contributed by atoms with E-state index >= 15 is 0 Å². The normalized spacial score (nSPS) is 22.8. The third kappa shape index (κ3) is 4.50. The van der Waals surface area contributed by atoms with Crippen LogP contribution in [0.1, 0.15) is 39.4 Å². The van der Waals surface area contributed by atoms with E-state index in [4.69, 9.17) is 4.74 Å². The van der Waals surface area contributed by atoms with Crippen molar-refractivity contribution in [2.45, 2.75) is 50.4 Å². The van der Waals surface area contributed by atoms with Gasteiger partial charge in [-0.25, -0.2) is 13.2 Å². The van der Waals surface area contributed by atoms with Crippen molar-refractivity contribution in [1.82, 2.24) is 10.2 Å². The molecule has 1 aliphatic carbocycles. The van der Waals surface area contributed by atoms with Gasteiger partial charge in [-0.05, 0) is 57.0 Å². The second-order valence-electron chi connectivity index (χ2n) is 9.45. The minimum atomic E-state index is -3.83. The first-order chi connectivity index (χ1) is 16.0. The zero-order valence-corrected chi connectivity index (χ0v) is 20.4. The molecule has 1 saturated heterocycles. The molecule has 34 heavy (non-hydrogen) atoms. The number of rotatable bonds is 3. The molecule has 7 nitrogen and oxygen atoms in total. The first-order valence-electron chi connectivity index (χ1n) is 11.1. The summed E-state index contributed by atoms with van der Waals surface area (Å²) >= 11 is 0. The van der Waals surface area contributed by atoms with E-state index < -0.39 is 39.7 Å². The van der Waals surface area contributed by atoms with E-state index in [1.165, 1.54) is 23.1 Å². The maximum absolute atomic E-state index is 13.4. The Morgan fingerprint density at radius 2 is 1.59 bits per heavy atom. The molecule has 4 rings (SSSR count). The van der Waals surface area contributed by atoms with Gasteiger partial charge >= 0.3 is 6.09 Å². The third-order valence-corrected chi connectivity index (χ3v) is 7.53. The minimum absolute atomic E-state index is 0.0369. The first kappa shape index (κ1) is 23.8. The number of sulfone groups is 1. The lowest BCUT2D eigenvalue weighted by Gasteiger charge is -2.47. The lowest BCUT2D eigenvalue weighted by molar-refractivity contribution is -0.132. The zero-order chi connectivity index (χ0) is 24.7. The van der Waals surface area contributed by atoms with Crippen LogP contribution in [-0.2, 0) is 19.4 Å². The Kier molecular flexibility index (Phi) is 6.12. The number of amides is 2. The van der Waals surface area contributed by atoms with Crippen LogP contribution in [0.4, 0.5) is 4.79 Å². The lowest BCUT2D eigenvalue weighted by atomic mass is 9.84. The summed E-state index contributed by atoms with van der Waals surface area (Å²) in [5.74, 6) is -1.24. The number of nitrogens with zero attached hydrogens (tertiary/aromatic N) is 1. The van der Waals surface area contributed by atoms with Gasteiger partial charge in [0, 0.05) is 0 Å². The molecule has 1 fully saturated rings.